The summed E-state index contributed by atoms with van der Waals surface area (Å²) in [5.41, 5.74) is 8.61. The summed E-state index contributed by atoms with van der Waals surface area (Å²) in [5, 5.41) is 3.61. The van der Waals surface area contributed by atoms with E-state index in [2.05, 4.69) is 10.0 Å². The molecule has 0 rings (SSSR count). The molecule has 106 valence electrons. The van der Waals surface area contributed by atoms with Gasteiger partial charge >= 0.3 is 7.60 Å². The molecule has 0 aliphatic rings. The van der Waals surface area contributed by atoms with Gasteiger partial charge in [0.1, 0.15) is 5.78 Å². The summed E-state index contributed by atoms with van der Waals surface area (Å²) in [4.78, 5) is 2.76. The van der Waals surface area contributed by atoms with Gasteiger partial charge in [-0.2, -0.15) is 0 Å². The van der Waals surface area contributed by atoms with Crippen LogP contribution in [0.4, 0.5) is 0 Å². The van der Waals surface area contributed by atoms with Gasteiger partial charge in [-0.05, 0) is 45.6 Å². The lowest BCUT2D eigenvalue weighted by Gasteiger charge is -2.28. The van der Waals surface area contributed by atoms with E-state index in [1.165, 1.54) is 0 Å². The SMILES string of the molecule is CC(C)C[C@H](N=[N+]=[N-])P(=O)(OC(C)C)OC(C)C. The molecule has 0 saturated heterocycles. The van der Waals surface area contributed by atoms with Crippen molar-refractivity contribution in [3.63, 3.8) is 0 Å². The summed E-state index contributed by atoms with van der Waals surface area (Å²) in [5.74, 6) is -0.535. The van der Waals surface area contributed by atoms with Crippen molar-refractivity contribution in [2.24, 2.45) is 11.0 Å². The average molecular weight is 277 g/mol. The third-order valence-electron chi connectivity index (χ3n) is 1.95. The van der Waals surface area contributed by atoms with Crippen LogP contribution in [0.15, 0.2) is 5.11 Å². The summed E-state index contributed by atoms with van der Waals surface area (Å²) in [6, 6.07) is 0. The van der Waals surface area contributed by atoms with E-state index >= 15 is 0 Å². The van der Waals surface area contributed by atoms with Gasteiger partial charge in [-0.25, -0.2) is 0 Å². The second-order valence-corrected chi connectivity index (χ2v) is 7.26. The minimum Gasteiger partial charge on any atom is -0.306 e. The van der Waals surface area contributed by atoms with Crippen molar-refractivity contribution in [3.8, 4) is 0 Å². The van der Waals surface area contributed by atoms with Crippen LogP contribution in [-0.2, 0) is 13.6 Å². The van der Waals surface area contributed by atoms with E-state index in [-0.39, 0.29) is 18.1 Å². The van der Waals surface area contributed by atoms with Gasteiger partial charge in [-0.3, -0.25) is 4.57 Å². The molecule has 0 aromatic rings. The second-order valence-electron chi connectivity index (χ2n) is 5.16. The molecule has 0 aromatic heterocycles. The molecule has 0 N–H and O–H groups in total. The standard InChI is InChI=1S/C11H24N3O3P/c1-8(2)7-11(13-14-12)18(15,16-9(3)4)17-10(5)6/h8-11H,7H2,1-6H3/t11-/m1/s1. The number of hydrogen-bond donors (Lipinski definition) is 0. The van der Waals surface area contributed by atoms with Gasteiger partial charge in [0.05, 0.1) is 12.2 Å². The highest BCUT2D eigenvalue weighted by molar-refractivity contribution is 7.54. The first-order chi connectivity index (χ1) is 8.21. The Hall–Kier alpha value is -0.540. The molecular formula is C11H24N3O3P. The van der Waals surface area contributed by atoms with E-state index in [1.54, 1.807) is 27.7 Å². The first-order valence-corrected chi connectivity index (χ1v) is 7.83. The van der Waals surface area contributed by atoms with E-state index in [0.717, 1.165) is 0 Å². The fraction of sp³-hybridized carbons (Fsp3) is 1.00. The average Bonchev–Trinajstić information content (AvgIpc) is 2.13. The monoisotopic (exact) mass is 277 g/mol. The first-order valence-electron chi connectivity index (χ1n) is 6.22. The van der Waals surface area contributed by atoms with Crippen molar-refractivity contribution in [1.82, 2.24) is 0 Å². The van der Waals surface area contributed by atoms with Gasteiger partial charge in [0, 0.05) is 4.91 Å². The molecule has 0 heterocycles. The molecule has 0 aliphatic carbocycles. The van der Waals surface area contributed by atoms with Crippen molar-refractivity contribution < 1.29 is 13.6 Å². The fourth-order valence-electron chi connectivity index (χ4n) is 1.47. The fourth-order valence-corrected chi connectivity index (χ4v) is 3.83. The van der Waals surface area contributed by atoms with Gasteiger partial charge in [-0.1, -0.05) is 19.0 Å². The van der Waals surface area contributed by atoms with Crippen LogP contribution in [0.5, 0.6) is 0 Å². The van der Waals surface area contributed by atoms with Gasteiger partial charge in [0.15, 0.2) is 0 Å². The highest BCUT2D eigenvalue weighted by Gasteiger charge is 2.37. The lowest BCUT2D eigenvalue weighted by molar-refractivity contribution is 0.135. The van der Waals surface area contributed by atoms with Gasteiger partial charge < -0.3 is 9.05 Å². The lowest BCUT2D eigenvalue weighted by atomic mass is 10.1. The van der Waals surface area contributed by atoms with Crippen molar-refractivity contribution in [2.45, 2.75) is 66.0 Å². The maximum atomic E-state index is 12.8. The Bertz CT molecular complexity index is 324. The van der Waals surface area contributed by atoms with Crippen LogP contribution in [0.25, 0.3) is 10.4 Å². The zero-order valence-electron chi connectivity index (χ0n) is 12.0. The molecule has 1 atom stereocenters. The van der Waals surface area contributed by atoms with Crippen LogP contribution in [0.2, 0.25) is 0 Å². The molecule has 0 aromatic carbocycles. The van der Waals surface area contributed by atoms with Crippen LogP contribution in [-0.4, -0.2) is 18.0 Å². The van der Waals surface area contributed by atoms with E-state index in [9.17, 15) is 4.57 Å². The smallest absolute Gasteiger partial charge is 0.306 e. The van der Waals surface area contributed by atoms with Crippen LogP contribution in [0.1, 0.15) is 48.0 Å². The lowest BCUT2D eigenvalue weighted by Crippen LogP contribution is -2.18. The molecule has 7 heteroatoms. The Kier molecular flexibility index (Phi) is 7.56. The largest absolute Gasteiger partial charge is 0.340 e. The Balaban J connectivity index is 5.20. The summed E-state index contributed by atoms with van der Waals surface area (Å²) >= 11 is 0. The Morgan fingerprint density at radius 3 is 1.83 bits per heavy atom. The summed E-state index contributed by atoms with van der Waals surface area (Å²) < 4.78 is 23.6. The zero-order valence-corrected chi connectivity index (χ0v) is 12.9. The number of nitrogens with zero attached hydrogens (tertiary/aromatic N) is 3. The molecule has 0 saturated carbocycles. The maximum Gasteiger partial charge on any atom is 0.340 e. The Labute approximate surface area is 109 Å². The molecular weight excluding hydrogens is 253 g/mol. The van der Waals surface area contributed by atoms with Crippen LogP contribution in [0, 0.1) is 5.92 Å². The van der Waals surface area contributed by atoms with E-state index < -0.39 is 13.4 Å². The predicted octanol–water partition coefficient (Wildman–Crippen LogP) is 4.71. The van der Waals surface area contributed by atoms with Crippen molar-refractivity contribution in [2.75, 3.05) is 0 Å². The zero-order chi connectivity index (χ0) is 14.3. The minimum absolute atomic E-state index is 0.236. The second kappa shape index (κ2) is 7.80. The van der Waals surface area contributed by atoms with Crippen LogP contribution in [0.3, 0.4) is 0 Å². The highest BCUT2D eigenvalue weighted by atomic mass is 31.2. The molecule has 0 radical (unpaired) electrons. The van der Waals surface area contributed by atoms with E-state index in [0.29, 0.717) is 6.42 Å². The third kappa shape index (κ3) is 6.41. The first kappa shape index (κ1) is 17.5. The van der Waals surface area contributed by atoms with Gasteiger partial charge in [0.2, 0.25) is 0 Å². The van der Waals surface area contributed by atoms with Gasteiger partial charge in [0.25, 0.3) is 0 Å². The molecule has 0 bridgehead atoms. The highest BCUT2D eigenvalue weighted by Crippen LogP contribution is 2.57. The maximum absolute atomic E-state index is 12.8. The number of hydrogen-bond acceptors (Lipinski definition) is 4. The van der Waals surface area contributed by atoms with Gasteiger partial charge in [-0.15, -0.1) is 0 Å². The van der Waals surface area contributed by atoms with Crippen molar-refractivity contribution in [1.29, 1.82) is 0 Å². The van der Waals surface area contributed by atoms with Crippen LogP contribution < -0.4 is 0 Å². The molecule has 0 aliphatic heterocycles. The summed E-state index contributed by atoms with van der Waals surface area (Å²) in [7, 11) is -3.43. The van der Waals surface area contributed by atoms with E-state index in [1.807, 2.05) is 13.8 Å². The molecule has 18 heavy (non-hydrogen) atoms. The summed E-state index contributed by atoms with van der Waals surface area (Å²) in [6.45, 7) is 11.0. The molecule has 6 nitrogen and oxygen atoms in total. The molecule has 0 unspecified atom stereocenters. The van der Waals surface area contributed by atoms with E-state index in [4.69, 9.17) is 14.6 Å². The Morgan fingerprint density at radius 2 is 1.56 bits per heavy atom. The number of azide groups is 1. The molecule has 0 fully saturated rings. The quantitative estimate of drug-likeness (QED) is 0.278. The predicted molar refractivity (Wildman–Crippen MR) is 72.4 cm³/mol. The van der Waals surface area contributed by atoms with Crippen molar-refractivity contribution >= 4 is 7.60 Å². The molecule has 0 amide bonds. The topological polar surface area (TPSA) is 84.3 Å². The summed E-state index contributed by atoms with van der Waals surface area (Å²) in [6.07, 6.45) is -0.0305. The van der Waals surface area contributed by atoms with Crippen LogP contribution >= 0.6 is 7.60 Å². The minimum atomic E-state index is -3.43. The van der Waals surface area contributed by atoms with Crippen molar-refractivity contribution in [3.05, 3.63) is 10.4 Å². The third-order valence-corrected chi connectivity index (χ3v) is 4.42. The Morgan fingerprint density at radius 1 is 1.11 bits per heavy atom. The number of rotatable bonds is 8. The normalized spacial score (nSPS) is 14.1. The molecule has 0 spiro atoms.